The molecule has 1 fully saturated rings. The number of hydrogen-bond donors (Lipinski definition) is 0. The predicted octanol–water partition coefficient (Wildman–Crippen LogP) is 3.28. The molecule has 0 aliphatic carbocycles. The van der Waals surface area contributed by atoms with E-state index in [0.29, 0.717) is 36.8 Å². The molecule has 1 saturated heterocycles. The fraction of sp³-hybridized carbons (Fsp3) is 0.500. The second-order valence-corrected chi connectivity index (χ2v) is 7.46. The van der Waals surface area contributed by atoms with Crippen LogP contribution in [0.15, 0.2) is 24.3 Å². The Balaban J connectivity index is 1.68. The molecule has 1 aliphatic heterocycles. The average molecular weight is 399 g/mol. The number of aromatic nitrogens is 2. The van der Waals surface area contributed by atoms with Gasteiger partial charge in [-0.1, -0.05) is 13.8 Å². The zero-order chi connectivity index (χ0) is 21.0. The van der Waals surface area contributed by atoms with Gasteiger partial charge in [-0.15, -0.1) is 0 Å². The average Bonchev–Trinajstić information content (AvgIpc) is 2.73. The summed E-state index contributed by atoms with van der Waals surface area (Å²) in [6, 6.07) is 7.36. The van der Waals surface area contributed by atoms with E-state index in [2.05, 4.69) is 23.7 Å². The highest BCUT2D eigenvalue weighted by atomic mass is 16.5. The van der Waals surface area contributed by atoms with Crippen LogP contribution in [0.1, 0.15) is 48.6 Å². The minimum atomic E-state index is 0.00716. The van der Waals surface area contributed by atoms with Crippen molar-refractivity contribution in [2.75, 3.05) is 44.8 Å². The lowest BCUT2D eigenvalue weighted by Gasteiger charge is -2.35. The number of benzene rings is 1. The summed E-state index contributed by atoms with van der Waals surface area (Å²) in [5.74, 6) is 3.32. The maximum Gasteiger partial charge on any atom is 0.254 e. The van der Waals surface area contributed by atoms with Gasteiger partial charge >= 0.3 is 0 Å². The van der Waals surface area contributed by atoms with Gasteiger partial charge in [0.2, 0.25) is 0 Å². The van der Waals surface area contributed by atoms with E-state index in [0.717, 1.165) is 30.4 Å². The highest BCUT2D eigenvalue weighted by Gasteiger charge is 2.24. The van der Waals surface area contributed by atoms with E-state index in [1.807, 2.05) is 24.8 Å². The van der Waals surface area contributed by atoms with Crippen molar-refractivity contribution < 1.29 is 14.3 Å². The SMILES string of the molecule is CCOc1ccc(C(=O)N2CCN(c3cc(C)nc(C(C)C)n3)CC2)cc1OC. The summed E-state index contributed by atoms with van der Waals surface area (Å²) in [6.45, 7) is 11.4. The second-order valence-electron chi connectivity index (χ2n) is 7.46. The fourth-order valence-electron chi connectivity index (χ4n) is 3.39. The molecule has 0 bridgehead atoms. The van der Waals surface area contributed by atoms with Crippen LogP contribution in [0, 0.1) is 6.92 Å². The van der Waals surface area contributed by atoms with Gasteiger partial charge in [0.1, 0.15) is 11.6 Å². The highest BCUT2D eigenvalue weighted by Crippen LogP contribution is 2.29. The summed E-state index contributed by atoms with van der Waals surface area (Å²) in [4.78, 5) is 26.3. The zero-order valence-corrected chi connectivity index (χ0v) is 17.9. The summed E-state index contributed by atoms with van der Waals surface area (Å²) >= 11 is 0. The molecule has 0 spiro atoms. The molecule has 1 aliphatic rings. The summed E-state index contributed by atoms with van der Waals surface area (Å²) in [5, 5.41) is 0. The lowest BCUT2D eigenvalue weighted by atomic mass is 10.1. The lowest BCUT2D eigenvalue weighted by molar-refractivity contribution is 0.0746. The van der Waals surface area contributed by atoms with Crippen molar-refractivity contribution in [3.63, 3.8) is 0 Å². The molecule has 0 saturated carbocycles. The quantitative estimate of drug-likeness (QED) is 0.744. The highest BCUT2D eigenvalue weighted by molar-refractivity contribution is 5.95. The molecule has 0 N–H and O–H groups in total. The number of nitrogens with zero attached hydrogens (tertiary/aromatic N) is 4. The number of piperazine rings is 1. The summed E-state index contributed by atoms with van der Waals surface area (Å²) in [5.41, 5.74) is 1.58. The summed E-state index contributed by atoms with van der Waals surface area (Å²) in [7, 11) is 1.58. The van der Waals surface area contributed by atoms with Gasteiger partial charge in [0.05, 0.1) is 13.7 Å². The van der Waals surface area contributed by atoms with Gasteiger partial charge < -0.3 is 19.3 Å². The largest absolute Gasteiger partial charge is 0.493 e. The topological polar surface area (TPSA) is 67.8 Å². The molecule has 156 valence electrons. The van der Waals surface area contributed by atoms with Gasteiger partial charge in [0.15, 0.2) is 11.5 Å². The number of aryl methyl sites for hydroxylation is 1. The molecule has 7 nitrogen and oxygen atoms in total. The summed E-state index contributed by atoms with van der Waals surface area (Å²) in [6.07, 6.45) is 0. The Morgan fingerprint density at radius 3 is 2.45 bits per heavy atom. The van der Waals surface area contributed by atoms with Crippen LogP contribution in [-0.4, -0.2) is 60.7 Å². The van der Waals surface area contributed by atoms with E-state index in [1.54, 1.807) is 25.3 Å². The standard InChI is InChI=1S/C22H30N4O3/c1-6-29-18-8-7-17(14-19(18)28-5)22(27)26-11-9-25(10-12-26)20-13-16(4)23-21(24-20)15(2)3/h7-8,13-15H,6,9-12H2,1-5H3. The van der Waals surface area contributed by atoms with Gasteiger partial charge in [-0.2, -0.15) is 0 Å². The van der Waals surface area contributed by atoms with Crippen LogP contribution < -0.4 is 14.4 Å². The molecular formula is C22H30N4O3. The first-order chi connectivity index (χ1) is 13.9. The lowest BCUT2D eigenvalue weighted by Crippen LogP contribution is -2.49. The Hall–Kier alpha value is -2.83. The molecule has 2 aromatic rings. The number of hydrogen-bond acceptors (Lipinski definition) is 6. The zero-order valence-electron chi connectivity index (χ0n) is 17.9. The Kier molecular flexibility index (Phi) is 6.56. The second kappa shape index (κ2) is 9.11. The monoisotopic (exact) mass is 398 g/mol. The van der Waals surface area contributed by atoms with Gasteiger partial charge in [-0.25, -0.2) is 9.97 Å². The van der Waals surface area contributed by atoms with Gasteiger partial charge in [0.25, 0.3) is 5.91 Å². The van der Waals surface area contributed by atoms with E-state index in [-0.39, 0.29) is 11.8 Å². The van der Waals surface area contributed by atoms with Crippen molar-refractivity contribution in [2.45, 2.75) is 33.6 Å². The van der Waals surface area contributed by atoms with E-state index >= 15 is 0 Å². The van der Waals surface area contributed by atoms with Gasteiger partial charge in [0, 0.05) is 49.4 Å². The molecule has 0 unspecified atom stereocenters. The van der Waals surface area contributed by atoms with Gasteiger partial charge in [-0.05, 0) is 32.0 Å². The fourth-order valence-corrected chi connectivity index (χ4v) is 3.39. The molecule has 29 heavy (non-hydrogen) atoms. The first kappa shape index (κ1) is 20.9. The number of amides is 1. The van der Waals surface area contributed by atoms with Crippen molar-refractivity contribution in [3.05, 3.63) is 41.3 Å². The number of methoxy groups -OCH3 is 1. The first-order valence-corrected chi connectivity index (χ1v) is 10.1. The van der Waals surface area contributed by atoms with Crippen LogP contribution in [0.2, 0.25) is 0 Å². The Bertz CT molecular complexity index is 861. The van der Waals surface area contributed by atoms with Gasteiger partial charge in [-0.3, -0.25) is 4.79 Å². The van der Waals surface area contributed by atoms with Crippen LogP contribution in [0.3, 0.4) is 0 Å². The molecule has 3 rings (SSSR count). The Labute approximate surface area is 172 Å². The third kappa shape index (κ3) is 4.78. The van der Waals surface area contributed by atoms with Crippen LogP contribution in [0.4, 0.5) is 5.82 Å². The molecule has 7 heteroatoms. The van der Waals surface area contributed by atoms with Crippen LogP contribution >= 0.6 is 0 Å². The van der Waals surface area contributed by atoms with E-state index < -0.39 is 0 Å². The molecule has 0 atom stereocenters. The van der Waals surface area contributed by atoms with Crippen molar-refractivity contribution >= 4 is 11.7 Å². The van der Waals surface area contributed by atoms with E-state index in [1.165, 1.54) is 0 Å². The number of rotatable bonds is 6. The minimum Gasteiger partial charge on any atom is -0.493 e. The normalized spacial score (nSPS) is 14.3. The summed E-state index contributed by atoms with van der Waals surface area (Å²) < 4.78 is 10.9. The third-order valence-corrected chi connectivity index (χ3v) is 4.98. The number of anilines is 1. The Morgan fingerprint density at radius 2 is 1.83 bits per heavy atom. The molecule has 0 radical (unpaired) electrons. The van der Waals surface area contributed by atoms with Crippen molar-refractivity contribution in [3.8, 4) is 11.5 Å². The predicted molar refractivity (Wildman–Crippen MR) is 113 cm³/mol. The van der Waals surface area contributed by atoms with Crippen molar-refractivity contribution in [2.24, 2.45) is 0 Å². The number of carbonyl (C=O) groups excluding carboxylic acids is 1. The van der Waals surface area contributed by atoms with Crippen molar-refractivity contribution in [1.82, 2.24) is 14.9 Å². The van der Waals surface area contributed by atoms with Crippen LogP contribution in [0.25, 0.3) is 0 Å². The minimum absolute atomic E-state index is 0.00716. The molecule has 2 heterocycles. The first-order valence-electron chi connectivity index (χ1n) is 10.1. The molecule has 1 aromatic heterocycles. The Morgan fingerprint density at radius 1 is 1.10 bits per heavy atom. The maximum absolute atomic E-state index is 13.0. The number of ether oxygens (including phenoxy) is 2. The van der Waals surface area contributed by atoms with Crippen LogP contribution in [-0.2, 0) is 0 Å². The molecular weight excluding hydrogens is 368 g/mol. The number of carbonyl (C=O) groups is 1. The smallest absolute Gasteiger partial charge is 0.254 e. The molecule has 1 aromatic carbocycles. The van der Waals surface area contributed by atoms with Crippen molar-refractivity contribution in [1.29, 1.82) is 0 Å². The van der Waals surface area contributed by atoms with E-state index in [9.17, 15) is 4.79 Å². The van der Waals surface area contributed by atoms with Crippen LogP contribution in [0.5, 0.6) is 11.5 Å². The maximum atomic E-state index is 13.0. The van der Waals surface area contributed by atoms with E-state index in [4.69, 9.17) is 14.5 Å². The molecule has 1 amide bonds. The third-order valence-electron chi connectivity index (χ3n) is 4.98.